The Hall–Kier alpha value is -1.05. The highest BCUT2D eigenvalue weighted by Crippen LogP contribution is 2.10. The Bertz CT molecular complexity index is 281. The van der Waals surface area contributed by atoms with E-state index < -0.39 is 0 Å². The number of unbranched alkanes of at least 4 members (excludes halogenated alkanes) is 11. The topological polar surface area (TPSA) is 26.3 Å². The van der Waals surface area contributed by atoms with Gasteiger partial charge in [0.15, 0.2) is 0 Å². The minimum absolute atomic E-state index is 0.0764. The van der Waals surface area contributed by atoms with Crippen molar-refractivity contribution in [1.82, 2.24) is 0 Å². The van der Waals surface area contributed by atoms with E-state index in [2.05, 4.69) is 23.5 Å². The van der Waals surface area contributed by atoms with Crippen LogP contribution in [-0.4, -0.2) is 13.1 Å². The molecule has 0 amide bonds. The molecule has 0 bridgehead atoms. The van der Waals surface area contributed by atoms with Gasteiger partial charge in [0.2, 0.25) is 0 Å². The van der Waals surface area contributed by atoms with E-state index in [9.17, 15) is 4.79 Å². The van der Waals surface area contributed by atoms with E-state index in [-0.39, 0.29) is 5.97 Å². The maximum Gasteiger partial charge on any atom is 0.305 e. The standard InChI is InChI=1S/C20H36O2/c1-3-4-5-6-7-8-9-10-11-12-13-14-15-16-17-18-19-20(21)22-2/h3,9-10H,1,4-8,11-19H2,2H3. The molecular weight excluding hydrogens is 272 g/mol. The molecule has 0 fully saturated rings. The Balaban J connectivity index is 3.10. The zero-order valence-corrected chi connectivity index (χ0v) is 14.7. The second-order valence-corrected chi connectivity index (χ2v) is 5.99. The Morgan fingerprint density at radius 3 is 1.77 bits per heavy atom. The predicted molar refractivity (Wildman–Crippen MR) is 96.0 cm³/mol. The molecule has 0 aliphatic carbocycles. The van der Waals surface area contributed by atoms with E-state index in [0.29, 0.717) is 6.42 Å². The number of rotatable bonds is 16. The molecule has 2 heteroatoms. The highest BCUT2D eigenvalue weighted by atomic mass is 16.5. The summed E-state index contributed by atoms with van der Waals surface area (Å²) in [5.41, 5.74) is 0. The number of hydrogen-bond acceptors (Lipinski definition) is 2. The first-order chi connectivity index (χ1) is 10.8. The summed E-state index contributed by atoms with van der Waals surface area (Å²) in [7, 11) is 1.46. The van der Waals surface area contributed by atoms with E-state index in [1.54, 1.807) is 0 Å². The second kappa shape index (κ2) is 18.0. The quantitative estimate of drug-likeness (QED) is 0.188. The number of allylic oxidation sites excluding steroid dienone is 3. The lowest BCUT2D eigenvalue weighted by molar-refractivity contribution is -0.140. The molecule has 0 rings (SSSR count). The molecule has 0 heterocycles. The van der Waals surface area contributed by atoms with Crippen LogP contribution in [0.2, 0.25) is 0 Å². The lowest BCUT2D eigenvalue weighted by atomic mass is 10.1. The van der Waals surface area contributed by atoms with Crippen molar-refractivity contribution in [3.05, 3.63) is 24.8 Å². The maximum absolute atomic E-state index is 10.9. The van der Waals surface area contributed by atoms with Gasteiger partial charge in [-0.2, -0.15) is 0 Å². The highest BCUT2D eigenvalue weighted by Gasteiger charge is 1.98. The summed E-state index contributed by atoms with van der Waals surface area (Å²) in [4.78, 5) is 10.9. The van der Waals surface area contributed by atoms with Crippen LogP contribution in [0, 0.1) is 0 Å². The van der Waals surface area contributed by atoms with Crippen molar-refractivity contribution < 1.29 is 9.53 Å². The van der Waals surface area contributed by atoms with Crippen molar-refractivity contribution in [3.63, 3.8) is 0 Å². The number of methoxy groups -OCH3 is 1. The van der Waals surface area contributed by atoms with Crippen LogP contribution >= 0.6 is 0 Å². The summed E-state index contributed by atoms with van der Waals surface area (Å²) in [6.45, 7) is 3.74. The van der Waals surface area contributed by atoms with Gasteiger partial charge < -0.3 is 4.74 Å². The summed E-state index contributed by atoms with van der Waals surface area (Å²) in [5.74, 6) is -0.0764. The van der Waals surface area contributed by atoms with Gasteiger partial charge >= 0.3 is 5.97 Å². The average Bonchev–Trinajstić information content (AvgIpc) is 2.54. The largest absolute Gasteiger partial charge is 0.469 e. The fourth-order valence-electron chi connectivity index (χ4n) is 2.48. The number of esters is 1. The van der Waals surface area contributed by atoms with Crippen LogP contribution in [0.4, 0.5) is 0 Å². The van der Waals surface area contributed by atoms with Crippen molar-refractivity contribution in [2.24, 2.45) is 0 Å². The Kier molecular flexibility index (Phi) is 17.1. The van der Waals surface area contributed by atoms with Gasteiger partial charge in [-0.15, -0.1) is 6.58 Å². The molecule has 2 nitrogen and oxygen atoms in total. The van der Waals surface area contributed by atoms with Crippen LogP contribution in [0.3, 0.4) is 0 Å². The first-order valence-electron chi connectivity index (χ1n) is 9.14. The van der Waals surface area contributed by atoms with Crippen LogP contribution in [0.5, 0.6) is 0 Å². The predicted octanol–water partition coefficient (Wildman–Crippen LogP) is 6.36. The van der Waals surface area contributed by atoms with Gasteiger partial charge in [-0.25, -0.2) is 0 Å². The molecule has 0 aliphatic rings. The second-order valence-electron chi connectivity index (χ2n) is 5.99. The molecule has 0 aromatic carbocycles. The average molecular weight is 309 g/mol. The van der Waals surface area contributed by atoms with E-state index in [1.807, 2.05) is 6.08 Å². The molecule has 0 N–H and O–H groups in total. The molecular formula is C20H36O2. The minimum atomic E-state index is -0.0764. The van der Waals surface area contributed by atoms with E-state index in [4.69, 9.17) is 0 Å². The maximum atomic E-state index is 10.9. The summed E-state index contributed by atoms with van der Waals surface area (Å²) in [6, 6.07) is 0. The normalized spacial score (nSPS) is 11.0. The zero-order valence-electron chi connectivity index (χ0n) is 14.7. The van der Waals surface area contributed by atoms with Gasteiger partial charge in [-0.3, -0.25) is 4.79 Å². The third-order valence-corrected chi connectivity index (χ3v) is 3.93. The highest BCUT2D eigenvalue weighted by molar-refractivity contribution is 5.68. The molecule has 0 unspecified atom stereocenters. The van der Waals surface area contributed by atoms with Crippen LogP contribution in [0.15, 0.2) is 24.8 Å². The van der Waals surface area contributed by atoms with Crippen LogP contribution in [-0.2, 0) is 9.53 Å². The molecule has 0 aromatic heterocycles. The number of carbonyl (C=O) groups excluding carboxylic acids is 1. The molecule has 0 aliphatic heterocycles. The van der Waals surface area contributed by atoms with Crippen molar-refractivity contribution in [1.29, 1.82) is 0 Å². The molecule has 0 aromatic rings. The summed E-state index contributed by atoms with van der Waals surface area (Å²) >= 11 is 0. The fraction of sp³-hybridized carbons (Fsp3) is 0.750. The SMILES string of the molecule is C=CCCCCCC=CCCCCCCCCCC(=O)OC. The fourth-order valence-corrected chi connectivity index (χ4v) is 2.48. The molecule has 0 radical (unpaired) electrons. The molecule has 0 atom stereocenters. The Labute approximate surface area is 138 Å². The zero-order chi connectivity index (χ0) is 16.3. The molecule has 0 saturated heterocycles. The third kappa shape index (κ3) is 17.0. The lowest BCUT2D eigenvalue weighted by Crippen LogP contribution is -1.99. The summed E-state index contributed by atoms with van der Waals surface area (Å²) in [6.07, 6.45) is 23.5. The monoisotopic (exact) mass is 308 g/mol. The first-order valence-corrected chi connectivity index (χ1v) is 9.14. The van der Waals surface area contributed by atoms with E-state index >= 15 is 0 Å². The molecule has 22 heavy (non-hydrogen) atoms. The number of carbonyl (C=O) groups is 1. The van der Waals surface area contributed by atoms with Gasteiger partial charge in [0.1, 0.15) is 0 Å². The van der Waals surface area contributed by atoms with Crippen molar-refractivity contribution >= 4 is 5.97 Å². The third-order valence-electron chi connectivity index (χ3n) is 3.93. The molecule has 128 valence electrons. The van der Waals surface area contributed by atoms with Crippen LogP contribution < -0.4 is 0 Å². The van der Waals surface area contributed by atoms with Crippen molar-refractivity contribution in [2.75, 3.05) is 7.11 Å². The van der Waals surface area contributed by atoms with Gasteiger partial charge in [0.05, 0.1) is 7.11 Å². The van der Waals surface area contributed by atoms with Gasteiger partial charge in [-0.1, -0.05) is 56.8 Å². The van der Waals surface area contributed by atoms with Gasteiger partial charge in [0, 0.05) is 6.42 Å². The van der Waals surface area contributed by atoms with Crippen LogP contribution in [0.25, 0.3) is 0 Å². The van der Waals surface area contributed by atoms with E-state index in [1.165, 1.54) is 71.3 Å². The number of hydrogen-bond donors (Lipinski definition) is 0. The molecule has 0 saturated carbocycles. The minimum Gasteiger partial charge on any atom is -0.469 e. The van der Waals surface area contributed by atoms with E-state index in [0.717, 1.165) is 19.3 Å². The van der Waals surface area contributed by atoms with Crippen molar-refractivity contribution in [3.8, 4) is 0 Å². The Morgan fingerprint density at radius 2 is 1.23 bits per heavy atom. The number of ether oxygens (including phenoxy) is 1. The molecule has 0 spiro atoms. The first kappa shape index (κ1) is 20.9. The van der Waals surface area contributed by atoms with Crippen LogP contribution in [0.1, 0.15) is 89.9 Å². The van der Waals surface area contributed by atoms with Gasteiger partial charge in [0.25, 0.3) is 0 Å². The van der Waals surface area contributed by atoms with Crippen molar-refractivity contribution in [2.45, 2.75) is 89.9 Å². The Morgan fingerprint density at radius 1 is 0.773 bits per heavy atom. The lowest BCUT2D eigenvalue weighted by Gasteiger charge is -2.01. The smallest absolute Gasteiger partial charge is 0.305 e. The summed E-state index contributed by atoms with van der Waals surface area (Å²) in [5, 5.41) is 0. The summed E-state index contributed by atoms with van der Waals surface area (Å²) < 4.78 is 4.63. The van der Waals surface area contributed by atoms with Gasteiger partial charge in [-0.05, 0) is 44.9 Å².